The summed E-state index contributed by atoms with van der Waals surface area (Å²) < 4.78 is 5.39. The lowest BCUT2D eigenvalue weighted by molar-refractivity contribution is -0.117. The third-order valence-electron chi connectivity index (χ3n) is 4.66. The van der Waals surface area contributed by atoms with Crippen LogP contribution in [0.3, 0.4) is 0 Å². The van der Waals surface area contributed by atoms with Crippen molar-refractivity contribution >= 4 is 23.4 Å². The summed E-state index contributed by atoms with van der Waals surface area (Å²) in [6.07, 6.45) is 2.42. The number of rotatable bonds is 6. The lowest BCUT2D eigenvalue weighted by Gasteiger charge is -2.28. The molecule has 0 saturated carbocycles. The van der Waals surface area contributed by atoms with Crippen molar-refractivity contribution in [1.82, 2.24) is 9.97 Å². The van der Waals surface area contributed by atoms with E-state index in [9.17, 15) is 4.79 Å². The minimum Gasteiger partial charge on any atom is -0.378 e. The molecule has 1 atom stereocenters. The maximum atomic E-state index is 12.9. The molecule has 1 saturated heterocycles. The number of nitrogens with one attached hydrogen (secondary N) is 1. The van der Waals surface area contributed by atoms with Gasteiger partial charge in [-0.25, -0.2) is 4.98 Å². The van der Waals surface area contributed by atoms with Gasteiger partial charge in [0.2, 0.25) is 11.9 Å². The average Bonchev–Trinajstić information content (AvgIpc) is 2.70. The summed E-state index contributed by atoms with van der Waals surface area (Å²) in [6.45, 7) is 4.90. The van der Waals surface area contributed by atoms with Gasteiger partial charge in [-0.3, -0.25) is 4.79 Å². The number of nitrogens with zero attached hydrogens (tertiary/aromatic N) is 4. The Morgan fingerprint density at radius 3 is 2.59 bits per heavy atom. The molecule has 1 aliphatic rings. The van der Waals surface area contributed by atoms with Gasteiger partial charge >= 0.3 is 0 Å². The topological polar surface area (TPSA) is 70.6 Å². The molecule has 1 unspecified atom stereocenters. The Balaban J connectivity index is 1.81. The zero-order valence-corrected chi connectivity index (χ0v) is 16.2. The van der Waals surface area contributed by atoms with Crippen LogP contribution in [-0.2, 0) is 9.53 Å². The van der Waals surface area contributed by atoms with Crippen LogP contribution in [0.1, 0.15) is 24.8 Å². The lowest BCUT2D eigenvalue weighted by Crippen LogP contribution is -2.37. The SMILES string of the molecule is CCC(C(=O)Nc1cnc(N2CCOCC2)nc1N(C)C)c1ccccc1. The summed E-state index contributed by atoms with van der Waals surface area (Å²) in [5, 5.41) is 3.02. The van der Waals surface area contributed by atoms with E-state index in [0.29, 0.717) is 30.7 Å². The van der Waals surface area contributed by atoms with Crippen molar-refractivity contribution in [3.8, 4) is 0 Å². The monoisotopic (exact) mass is 369 g/mol. The van der Waals surface area contributed by atoms with E-state index in [1.807, 2.05) is 56.3 Å². The van der Waals surface area contributed by atoms with E-state index in [1.165, 1.54) is 0 Å². The second-order valence-electron chi connectivity index (χ2n) is 6.76. The number of amides is 1. The van der Waals surface area contributed by atoms with Gasteiger partial charge in [0, 0.05) is 27.2 Å². The van der Waals surface area contributed by atoms with Gasteiger partial charge in [-0.1, -0.05) is 37.3 Å². The fourth-order valence-electron chi connectivity index (χ4n) is 3.19. The summed E-state index contributed by atoms with van der Waals surface area (Å²) >= 11 is 0. The summed E-state index contributed by atoms with van der Waals surface area (Å²) in [5.74, 6) is 1.10. The number of carbonyl (C=O) groups is 1. The van der Waals surface area contributed by atoms with Gasteiger partial charge in [0.1, 0.15) is 5.69 Å². The molecule has 1 aromatic carbocycles. The van der Waals surface area contributed by atoms with Crippen LogP contribution in [0.25, 0.3) is 0 Å². The van der Waals surface area contributed by atoms with E-state index in [2.05, 4.69) is 20.2 Å². The van der Waals surface area contributed by atoms with Gasteiger partial charge in [0.25, 0.3) is 0 Å². The molecule has 1 aliphatic heterocycles. The van der Waals surface area contributed by atoms with Crippen LogP contribution < -0.4 is 15.1 Å². The molecule has 2 aromatic rings. The predicted molar refractivity (Wildman–Crippen MR) is 107 cm³/mol. The van der Waals surface area contributed by atoms with E-state index < -0.39 is 0 Å². The molecule has 7 nitrogen and oxygen atoms in total. The number of morpholine rings is 1. The highest BCUT2D eigenvalue weighted by atomic mass is 16.5. The highest BCUT2D eigenvalue weighted by Gasteiger charge is 2.22. The fourth-order valence-corrected chi connectivity index (χ4v) is 3.19. The summed E-state index contributed by atoms with van der Waals surface area (Å²) in [4.78, 5) is 26.0. The molecule has 27 heavy (non-hydrogen) atoms. The van der Waals surface area contributed by atoms with Crippen molar-refractivity contribution in [2.24, 2.45) is 0 Å². The van der Waals surface area contributed by atoms with Crippen molar-refractivity contribution in [2.45, 2.75) is 19.3 Å². The van der Waals surface area contributed by atoms with Crippen molar-refractivity contribution < 1.29 is 9.53 Å². The van der Waals surface area contributed by atoms with Crippen LogP contribution in [0.5, 0.6) is 0 Å². The van der Waals surface area contributed by atoms with Crippen LogP contribution in [0, 0.1) is 0 Å². The summed E-state index contributed by atoms with van der Waals surface area (Å²) in [7, 11) is 3.82. The molecule has 0 spiro atoms. The number of ether oxygens (including phenoxy) is 1. The summed E-state index contributed by atoms with van der Waals surface area (Å²) in [6, 6.07) is 9.83. The van der Waals surface area contributed by atoms with E-state index >= 15 is 0 Å². The van der Waals surface area contributed by atoms with Crippen LogP contribution >= 0.6 is 0 Å². The van der Waals surface area contributed by atoms with E-state index in [0.717, 1.165) is 25.1 Å². The number of carbonyl (C=O) groups excluding carboxylic acids is 1. The number of anilines is 3. The normalized spacial score (nSPS) is 15.3. The molecule has 0 bridgehead atoms. The van der Waals surface area contributed by atoms with Gasteiger partial charge in [-0.05, 0) is 12.0 Å². The molecular formula is C20H27N5O2. The average molecular weight is 369 g/mol. The second kappa shape index (κ2) is 8.81. The van der Waals surface area contributed by atoms with Crippen molar-refractivity contribution in [2.75, 3.05) is 55.5 Å². The highest BCUT2D eigenvalue weighted by Crippen LogP contribution is 2.27. The van der Waals surface area contributed by atoms with Crippen LogP contribution in [0.2, 0.25) is 0 Å². The molecule has 1 aromatic heterocycles. The van der Waals surface area contributed by atoms with Crippen molar-refractivity contribution in [1.29, 1.82) is 0 Å². The number of hydrogen-bond donors (Lipinski definition) is 1. The zero-order chi connectivity index (χ0) is 19.2. The first-order valence-corrected chi connectivity index (χ1v) is 9.33. The molecule has 0 radical (unpaired) electrons. The Hall–Kier alpha value is -2.67. The van der Waals surface area contributed by atoms with E-state index in [-0.39, 0.29) is 11.8 Å². The third kappa shape index (κ3) is 4.54. The molecule has 3 rings (SSSR count). The minimum absolute atomic E-state index is 0.0467. The quantitative estimate of drug-likeness (QED) is 0.844. The maximum absolute atomic E-state index is 12.9. The molecule has 2 heterocycles. The van der Waals surface area contributed by atoms with Crippen LogP contribution in [-0.4, -0.2) is 56.3 Å². The first-order valence-electron chi connectivity index (χ1n) is 9.33. The van der Waals surface area contributed by atoms with Crippen LogP contribution in [0.4, 0.5) is 17.5 Å². The summed E-state index contributed by atoms with van der Waals surface area (Å²) in [5.41, 5.74) is 1.63. The molecule has 1 amide bonds. The molecule has 144 valence electrons. The van der Waals surface area contributed by atoms with Crippen molar-refractivity contribution in [3.05, 3.63) is 42.1 Å². The van der Waals surface area contributed by atoms with Gasteiger partial charge in [-0.15, -0.1) is 0 Å². The Morgan fingerprint density at radius 2 is 1.96 bits per heavy atom. The molecule has 1 fully saturated rings. The van der Waals surface area contributed by atoms with E-state index in [4.69, 9.17) is 4.74 Å². The second-order valence-corrected chi connectivity index (χ2v) is 6.76. The van der Waals surface area contributed by atoms with Crippen LogP contribution in [0.15, 0.2) is 36.5 Å². The number of benzene rings is 1. The molecule has 1 N–H and O–H groups in total. The smallest absolute Gasteiger partial charge is 0.232 e. The Bertz CT molecular complexity index is 760. The minimum atomic E-state index is -0.208. The predicted octanol–water partition coefficient (Wildman–Crippen LogP) is 2.51. The Labute approximate surface area is 160 Å². The molecular weight excluding hydrogens is 342 g/mol. The largest absolute Gasteiger partial charge is 0.378 e. The molecule has 0 aliphatic carbocycles. The van der Waals surface area contributed by atoms with Gasteiger partial charge in [0.05, 0.1) is 25.3 Å². The standard InChI is InChI=1S/C20H27N5O2/c1-4-16(15-8-6-5-7-9-15)19(26)22-17-14-21-20(23-18(17)24(2)3)25-10-12-27-13-11-25/h5-9,14,16H,4,10-13H2,1-3H3,(H,22,26). The van der Waals surface area contributed by atoms with Gasteiger partial charge in [0.15, 0.2) is 5.82 Å². The zero-order valence-electron chi connectivity index (χ0n) is 16.2. The lowest BCUT2D eigenvalue weighted by atomic mass is 9.95. The van der Waals surface area contributed by atoms with E-state index in [1.54, 1.807) is 6.20 Å². The maximum Gasteiger partial charge on any atom is 0.232 e. The Kier molecular flexibility index (Phi) is 6.24. The Morgan fingerprint density at radius 1 is 1.26 bits per heavy atom. The third-order valence-corrected chi connectivity index (χ3v) is 4.66. The highest BCUT2D eigenvalue weighted by molar-refractivity contribution is 5.97. The van der Waals surface area contributed by atoms with Gasteiger partial charge < -0.3 is 19.9 Å². The fraction of sp³-hybridized carbons (Fsp3) is 0.450. The number of hydrogen-bond acceptors (Lipinski definition) is 6. The van der Waals surface area contributed by atoms with Gasteiger partial charge in [-0.2, -0.15) is 4.98 Å². The first-order chi connectivity index (χ1) is 13.1. The number of aromatic nitrogens is 2. The molecule has 7 heteroatoms. The van der Waals surface area contributed by atoms with Crippen molar-refractivity contribution in [3.63, 3.8) is 0 Å². The first kappa shape index (κ1) is 19.1.